The number of rotatable bonds is 34. The SMILES string of the molecule is O=C(OCCOCCOCCOCCOCCOCCOCCOCCOCCOCCOc1ccccc1)c1ccccc1Nc1cccc(C(F)(F)F)c1. The van der Waals surface area contributed by atoms with Crippen LogP contribution in [0.25, 0.3) is 0 Å². The van der Waals surface area contributed by atoms with Crippen molar-refractivity contribution >= 4 is 17.3 Å². The minimum Gasteiger partial charge on any atom is -0.491 e. The maximum Gasteiger partial charge on any atom is 0.416 e. The average molecular weight is 798 g/mol. The Hall–Kier alpha value is -3.84. The zero-order chi connectivity index (χ0) is 39.8. The van der Waals surface area contributed by atoms with E-state index in [2.05, 4.69) is 5.32 Å². The third-order valence-electron chi connectivity index (χ3n) is 7.29. The summed E-state index contributed by atoms with van der Waals surface area (Å²) in [6.07, 6.45) is -4.48. The van der Waals surface area contributed by atoms with Crippen molar-refractivity contribution in [3.05, 3.63) is 90.0 Å². The van der Waals surface area contributed by atoms with Crippen molar-refractivity contribution < 1.29 is 70.1 Å². The van der Waals surface area contributed by atoms with Crippen LogP contribution in [-0.2, 0) is 53.5 Å². The van der Waals surface area contributed by atoms with Gasteiger partial charge < -0.3 is 57.4 Å². The Labute approximate surface area is 326 Å². The fourth-order valence-electron chi connectivity index (χ4n) is 4.57. The van der Waals surface area contributed by atoms with Crippen molar-refractivity contribution in [2.24, 2.45) is 0 Å². The average Bonchev–Trinajstić information content (AvgIpc) is 3.20. The van der Waals surface area contributed by atoms with E-state index >= 15 is 0 Å². The standard InChI is InChI=1S/C40H54F3NO12/c41-40(42,43)34-7-6-8-35(33-34)44-38-12-5-4-11-37(38)39(45)56-32-30-54-28-26-52-24-22-50-20-18-48-16-14-46-13-15-47-17-19-49-21-23-51-25-27-53-29-31-55-36-9-2-1-3-10-36/h1-12,33,44H,13-32H2. The van der Waals surface area contributed by atoms with Gasteiger partial charge in [0, 0.05) is 5.69 Å². The van der Waals surface area contributed by atoms with Gasteiger partial charge in [0.2, 0.25) is 0 Å². The van der Waals surface area contributed by atoms with Crippen LogP contribution in [0.4, 0.5) is 24.5 Å². The number of ether oxygens (including phenoxy) is 11. The molecule has 0 fully saturated rings. The molecule has 312 valence electrons. The number of nitrogens with one attached hydrogen (secondary N) is 1. The van der Waals surface area contributed by atoms with Gasteiger partial charge in [-0.3, -0.25) is 0 Å². The first-order chi connectivity index (χ1) is 27.4. The van der Waals surface area contributed by atoms with Crippen molar-refractivity contribution in [3.8, 4) is 5.75 Å². The summed E-state index contributed by atoms with van der Waals surface area (Å²) in [5.74, 6) is 0.199. The third-order valence-corrected chi connectivity index (χ3v) is 7.29. The van der Waals surface area contributed by atoms with Gasteiger partial charge in [0.1, 0.15) is 19.0 Å². The molecule has 0 aromatic heterocycles. The second-order valence-corrected chi connectivity index (χ2v) is 11.6. The van der Waals surface area contributed by atoms with E-state index in [0.717, 1.165) is 17.9 Å². The molecule has 56 heavy (non-hydrogen) atoms. The molecule has 0 aliphatic rings. The smallest absolute Gasteiger partial charge is 0.416 e. The lowest BCUT2D eigenvalue weighted by Crippen LogP contribution is -2.16. The Bertz CT molecular complexity index is 1420. The highest BCUT2D eigenvalue weighted by Gasteiger charge is 2.30. The van der Waals surface area contributed by atoms with Crippen LogP contribution in [-0.4, -0.2) is 138 Å². The van der Waals surface area contributed by atoms with Gasteiger partial charge in [0.05, 0.1) is 136 Å². The molecular weight excluding hydrogens is 743 g/mol. The number of halogens is 3. The topological polar surface area (TPSA) is 131 Å². The number of carbonyl (C=O) groups excluding carboxylic acids is 1. The van der Waals surface area contributed by atoms with Crippen molar-refractivity contribution in [1.82, 2.24) is 0 Å². The number of benzene rings is 3. The van der Waals surface area contributed by atoms with Gasteiger partial charge in [0.15, 0.2) is 0 Å². The molecule has 0 heterocycles. The van der Waals surface area contributed by atoms with Crippen LogP contribution in [0.1, 0.15) is 15.9 Å². The summed E-state index contributed by atoms with van der Waals surface area (Å²) in [6.45, 7) is 8.23. The van der Waals surface area contributed by atoms with E-state index < -0.39 is 17.7 Å². The van der Waals surface area contributed by atoms with Crippen LogP contribution < -0.4 is 10.1 Å². The quantitative estimate of drug-likeness (QED) is 0.0575. The largest absolute Gasteiger partial charge is 0.491 e. The van der Waals surface area contributed by atoms with Crippen molar-refractivity contribution in [3.63, 3.8) is 0 Å². The van der Waals surface area contributed by atoms with E-state index in [1.807, 2.05) is 30.3 Å². The summed E-state index contributed by atoms with van der Waals surface area (Å²) < 4.78 is 99.2. The molecule has 3 aromatic rings. The summed E-state index contributed by atoms with van der Waals surface area (Å²) in [4.78, 5) is 12.6. The number of alkyl halides is 3. The van der Waals surface area contributed by atoms with Gasteiger partial charge in [0.25, 0.3) is 0 Å². The molecular formula is C40H54F3NO12. The fourth-order valence-corrected chi connectivity index (χ4v) is 4.57. The highest BCUT2D eigenvalue weighted by atomic mass is 19.4. The number of hydrogen-bond acceptors (Lipinski definition) is 13. The molecule has 0 radical (unpaired) electrons. The molecule has 1 N–H and O–H groups in total. The molecule has 16 heteroatoms. The number of para-hydroxylation sites is 2. The molecule has 3 rings (SSSR count). The number of carbonyl (C=O) groups is 1. The van der Waals surface area contributed by atoms with E-state index in [1.165, 1.54) is 18.2 Å². The van der Waals surface area contributed by atoms with Crippen LogP contribution in [0.3, 0.4) is 0 Å². The highest BCUT2D eigenvalue weighted by molar-refractivity contribution is 5.96. The first-order valence-corrected chi connectivity index (χ1v) is 18.5. The third kappa shape index (κ3) is 22.6. The van der Waals surface area contributed by atoms with Crippen molar-refractivity contribution in [1.29, 1.82) is 0 Å². The van der Waals surface area contributed by atoms with Gasteiger partial charge >= 0.3 is 12.1 Å². The maximum atomic E-state index is 13.1. The van der Waals surface area contributed by atoms with E-state index in [-0.39, 0.29) is 24.5 Å². The second kappa shape index (κ2) is 30.3. The normalized spacial score (nSPS) is 11.5. The summed E-state index contributed by atoms with van der Waals surface area (Å²) in [7, 11) is 0. The molecule has 0 unspecified atom stereocenters. The molecule has 3 aromatic carbocycles. The number of anilines is 2. The molecule has 0 bridgehead atoms. The van der Waals surface area contributed by atoms with E-state index in [0.29, 0.717) is 125 Å². The van der Waals surface area contributed by atoms with Crippen molar-refractivity contribution in [2.45, 2.75) is 6.18 Å². The summed E-state index contributed by atoms with van der Waals surface area (Å²) >= 11 is 0. The maximum absolute atomic E-state index is 13.1. The second-order valence-electron chi connectivity index (χ2n) is 11.6. The van der Waals surface area contributed by atoms with Crippen LogP contribution in [0, 0.1) is 0 Å². The summed E-state index contributed by atoms with van der Waals surface area (Å²) in [6, 6.07) is 20.7. The van der Waals surface area contributed by atoms with Gasteiger partial charge in [-0.05, 0) is 42.5 Å². The summed E-state index contributed by atoms with van der Waals surface area (Å²) in [5.41, 5.74) is -0.0932. The Morgan fingerprint density at radius 1 is 0.464 bits per heavy atom. The molecule has 0 aliphatic carbocycles. The minimum atomic E-state index is -4.48. The van der Waals surface area contributed by atoms with Crippen LogP contribution >= 0.6 is 0 Å². The van der Waals surface area contributed by atoms with Gasteiger partial charge in [-0.15, -0.1) is 0 Å². The predicted octanol–water partition coefficient (Wildman–Crippen LogP) is 5.83. The number of esters is 1. The van der Waals surface area contributed by atoms with Gasteiger partial charge in [-0.25, -0.2) is 4.79 Å². The minimum absolute atomic E-state index is 0.00292. The highest BCUT2D eigenvalue weighted by Crippen LogP contribution is 2.32. The Morgan fingerprint density at radius 2 is 0.875 bits per heavy atom. The van der Waals surface area contributed by atoms with E-state index in [9.17, 15) is 18.0 Å². The van der Waals surface area contributed by atoms with Crippen LogP contribution in [0.15, 0.2) is 78.9 Å². The van der Waals surface area contributed by atoms with Crippen LogP contribution in [0.5, 0.6) is 5.75 Å². The molecule has 0 saturated carbocycles. The lowest BCUT2D eigenvalue weighted by molar-refractivity contribution is -0.137. The lowest BCUT2D eigenvalue weighted by atomic mass is 10.1. The van der Waals surface area contributed by atoms with E-state index in [1.54, 1.807) is 18.2 Å². The first-order valence-electron chi connectivity index (χ1n) is 18.5. The van der Waals surface area contributed by atoms with Gasteiger partial charge in [-0.2, -0.15) is 13.2 Å². The number of hydrogen-bond donors (Lipinski definition) is 1. The summed E-state index contributed by atoms with van der Waals surface area (Å²) in [5, 5.41) is 2.86. The van der Waals surface area contributed by atoms with Crippen LogP contribution in [0.2, 0.25) is 0 Å². The van der Waals surface area contributed by atoms with E-state index in [4.69, 9.17) is 52.1 Å². The first kappa shape index (κ1) is 46.5. The Kier molecular flexibility index (Phi) is 25.2. The van der Waals surface area contributed by atoms with Crippen molar-refractivity contribution in [2.75, 3.05) is 137 Å². The monoisotopic (exact) mass is 797 g/mol. The Balaban J connectivity index is 0.996. The molecule has 0 spiro atoms. The van der Waals surface area contributed by atoms with Gasteiger partial charge in [-0.1, -0.05) is 36.4 Å². The molecule has 13 nitrogen and oxygen atoms in total. The molecule has 0 aliphatic heterocycles. The zero-order valence-corrected chi connectivity index (χ0v) is 31.7. The molecule has 0 amide bonds. The fraction of sp³-hybridized carbons (Fsp3) is 0.525. The predicted molar refractivity (Wildman–Crippen MR) is 201 cm³/mol. The lowest BCUT2D eigenvalue weighted by Gasteiger charge is -2.13. The zero-order valence-electron chi connectivity index (χ0n) is 31.7. The Morgan fingerprint density at radius 3 is 1.34 bits per heavy atom. The molecule has 0 saturated heterocycles. The molecule has 0 atom stereocenters.